The summed E-state index contributed by atoms with van der Waals surface area (Å²) in [6, 6.07) is 3.35. The molecular formula is C14H21FO3. The lowest BCUT2D eigenvalue weighted by Gasteiger charge is -2.20. The lowest BCUT2D eigenvalue weighted by Crippen LogP contribution is -2.13. The maximum absolute atomic E-state index is 14.0. The van der Waals surface area contributed by atoms with E-state index in [1.165, 1.54) is 28.1 Å². The molecule has 0 bridgehead atoms. The highest BCUT2D eigenvalue weighted by Crippen LogP contribution is 2.37. The summed E-state index contributed by atoms with van der Waals surface area (Å²) in [6.45, 7) is 4.65. The quantitative estimate of drug-likeness (QED) is 0.880. The second-order valence-corrected chi connectivity index (χ2v) is 4.90. The van der Waals surface area contributed by atoms with Crippen LogP contribution >= 0.6 is 0 Å². The van der Waals surface area contributed by atoms with Crippen molar-refractivity contribution < 1.29 is 19.0 Å². The molecule has 0 aromatic heterocycles. The fraction of sp³-hybridized carbons (Fsp3) is 0.571. The van der Waals surface area contributed by atoms with E-state index in [0.717, 1.165) is 5.56 Å². The van der Waals surface area contributed by atoms with Gasteiger partial charge >= 0.3 is 0 Å². The molecule has 0 fully saturated rings. The summed E-state index contributed by atoms with van der Waals surface area (Å²) >= 11 is 0. The van der Waals surface area contributed by atoms with Crippen LogP contribution < -0.4 is 9.47 Å². The van der Waals surface area contributed by atoms with Crippen LogP contribution in [0.3, 0.4) is 0 Å². The van der Waals surface area contributed by atoms with E-state index in [0.29, 0.717) is 23.5 Å². The minimum Gasteiger partial charge on any atom is -0.493 e. The van der Waals surface area contributed by atoms with Crippen molar-refractivity contribution >= 4 is 0 Å². The Kier molecular flexibility index (Phi) is 4.57. The van der Waals surface area contributed by atoms with Gasteiger partial charge in [0.2, 0.25) is 0 Å². The van der Waals surface area contributed by atoms with Gasteiger partial charge in [-0.15, -0.1) is 0 Å². The van der Waals surface area contributed by atoms with Gasteiger partial charge in [0.25, 0.3) is 0 Å². The highest BCUT2D eigenvalue weighted by Gasteiger charge is 2.23. The summed E-state index contributed by atoms with van der Waals surface area (Å²) in [5, 5.41) is 9.49. The van der Waals surface area contributed by atoms with Crippen LogP contribution in [0.4, 0.5) is 4.39 Å². The average Bonchev–Trinajstić information content (AvgIpc) is 2.25. The molecule has 0 aliphatic heterocycles. The molecule has 1 aromatic carbocycles. The molecule has 18 heavy (non-hydrogen) atoms. The van der Waals surface area contributed by atoms with Crippen molar-refractivity contribution in [3.05, 3.63) is 23.3 Å². The largest absolute Gasteiger partial charge is 0.493 e. The smallest absolute Gasteiger partial charge is 0.164 e. The van der Waals surface area contributed by atoms with Gasteiger partial charge in [-0.1, -0.05) is 0 Å². The topological polar surface area (TPSA) is 38.7 Å². The number of aliphatic hydroxyl groups excluding tert-OH is 1. The maximum atomic E-state index is 14.0. The summed E-state index contributed by atoms with van der Waals surface area (Å²) in [7, 11) is 3.04. The van der Waals surface area contributed by atoms with Gasteiger partial charge in [-0.2, -0.15) is 0 Å². The van der Waals surface area contributed by atoms with Crippen molar-refractivity contribution in [2.24, 2.45) is 0 Å². The van der Waals surface area contributed by atoms with Crippen LogP contribution in [-0.4, -0.2) is 25.4 Å². The van der Waals surface area contributed by atoms with E-state index in [9.17, 15) is 9.50 Å². The van der Waals surface area contributed by atoms with Gasteiger partial charge in [-0.25, -0.2) is 4.39 Å². The number of hydrogen-bond acceptors (Lipinski definition) is 3. The first kappa shape index (κ1) is 14.8. The molecule has 102 valence electrons. The van der Waals surface area contributed by atoms with E-state index < -0.39 is 11.8 Å². The molecular weight excluding hydrogens is 235 g/mol. The highest BCUT2D eigenvalue weighted by atomic mass is 19.1. The predicted molar refractivity (Wildman–Crippen MR) is 69.1 cm³/mol. The first-order chi connectivity index (χ1) is 8.29. The van der Waals surface area contributed by atoms with Crippen LogP contribution in [0.25, 0.3) is 0 Å². The normalized spacial score (nSPS) is 13.3. The molecule has 0 saturated carbocycles. The van der Waals surface area contributed by atoms with Gasteiger partial charge in [-0.05, 0) is 38.5 Å². The van der Waals surface area contributed by atoms with Crippen molar-refractivity contribution in [3.63, 3.8) is 0 Å². The Hall–Kier alpha value is -1.29. The minimum atomic E-state index is -1.47. The Morgan fingerprint density at radius 2 is 1.89 bits per heavy atom. The molecule has 0 aliphatic rings. The van der Waals surface area contributed by atoms with Crippen LogP contribution in [0.15, 0.2) is 12.1 Å². The third-order valence-corrected chi connectivity index (χ3v) is 2.76. The molecule has 0 saturated heterocycles. The lowest BCUT2D eigenvalue weighted by molar-refractivity contribution is 0.192. The molecule has 1 rings (SSSR count). The van der Waals surface area contributed by atoms with Gasteiger partial charge in [0, 0.05) is 12.0 Å². The molecule has 0 radical (unpaired) electrons. The third kappa shape index (κ3) is 3.35. The SMILES string of the molecule is COc1cc(C(C)(C)F)cc(CC(C)O)c1OC. The standard InChI is InChI=1S/C14H21FO3/c1-9(16)6-10-7-11(14(2,3)15)8-12(17-4)13(10)18-5/h7-9,16H,6H2,1-5H3. The molecule has 4 heteroatoms. The summed E-state index contributed by atoms with van der Waals surface area (Å²) in [6.07, 6.45) is -0.134. The number of rotatable bonds is 5. The molecule has 1 aromatic rings. The van der Waals surface area contributed by atoms with E-state index in [1.54, 1.807) is 19.1 Å². The van der Waals surface area contributed by atoms with Crippen LogP contribution in [0.2, 0.25) is 0 Å². The first-order valence-corrected chi connectivity index (χ1v) is 5.92. The van der Waals surface area contributed by atoms with Crippen LogP contribution in [-0.2, 0) is 12.1 Å². The fourth-order valence-corrected chi connectivity index (χ4v) is 1.86. The van der Waals surface area contributed by atoms with Gasteiger partial charge < -0.3 is 14.6 Å². The molecule has 3 nitrogen and oxygen atoms in total. The number of halogens is 1. The van der Waals surface area contributed by atoms with Crippen molar-refractivity contribution in [3.8, 4) is 11.5 Å². The Bertz CT molecular complexity index is 408. The minimum absolute atomic E-state index is 0.392. The van der Waals surface area contributed by atoms with Gasteiger partial charge in [0.1, 0.15) is 5.67 Å². The third-order valence-electron chi connectivity index (χ3n) is 2.76. The van der Waals surface area contributed by atoms with Crippen molar-refractivity contribution in [1.29, 1.82) is 0 Å². The number of methoxy groups -OCH3 is 2. The lowest BCUT2D eigenvalue weighted by atomic mass is 9.95. The number of benzene rings is 1. The van der Waals surface area contributed by atoms with Crippen molar-refractivity contribution in [2.75, 3.05) is 14.2 Å². The van der Waals surface area contributed by atoms with E-state index in [-0.39, 0.29) is 0 Å². The Morgan fingerprint density at radius 3 is 2.28 bits per heavy atom. The second kappa shape index (κ2) is 5.57. The predicted octanol–water partition coefficient (Wildman–Crippen LogP) is 2.83. The summed E-state index contributed by atoms with van der Waals surface area (Å²) < 4.78 is 24.5. The van der Waals surface area contributed by atoms with Crippen LogP contribution in [0, 0.1) is 0 Å². The summed E-state index contributed by atoms with van der Waals surface area (Å²) in [5.41, 5.74) is -0.212. The molecule has 0 spiro atoms. The number of hydrogen-bond donors (Lipinski definition) is 1. The van der Waals surface area contributed by atoms with Crippen molar-refractivity contribution in [1.82, 2.24) is 0 Å². The highest BCUT2D eigenvalue weighted by molar-refractivity contribution is 5.51. The Balaban J connectivity index is 3.36. The van der Waals surface area contributed by atoms with E-state index in [4.69, 9.17) is 9.47 Å². The van der Waals surface area contributed by atoms with Gasteiger partial charge in [0.15, 0.2) is 11.5 Å². The summed E-state index contributed by atoms with van der Waals surface area (Å²) in [4.78, 5) is 0. The second-order valence-electron chi connectivity index (χ2n) is 4.90. The molecule has 1 atom stereocenters. The Labute approximate surface area is 108 Å². The van der Waals surface area contributed by atoms with Gasteiger partial charge in [0.05, 0.1) is 20.3 Å². The van der Waals surface area contributed by atoms with Crippen LogP contribution in [0.1, 0.15) is 31.9 Å². The summed E-state index contributed by atoms with van der Waals surface area (Å²) in [5.74, 6) is 1.03. The van der Waals surface area contributed by atoms with E-state index in [2.05, 4.69) is 0 Å². The number of alkyl halides is 1. The van der Waals surface area contributed by atoms with E-state index >= 15 is 0 Å². The zero-order valence-corrected chi connectivity index (χ0v) is 11.6. The molecule has 0 amide bonds. The zero-order chi connectivity index (χ0) is 13.9. The maximum Gasteiger partial charge on any atom is 0.164 e. The average molecular weight is 256 g/mol. The number of aliphatic hydroxyl groups is 1. The number of ether oxygens (including phenoxy) is 2. The molecule has 1 unspecified atom stereocenters. The zero-order valence-electron chi connectivity index (χ0n) is 11.6. The molecule has 0 heterocycles. The van der Waals surface area contributed by atoms with Crippen molar-refractivity contribution in [2.45, 2.75) is 39.0 Å². The molecule has 1 N–H and O–H groups in total. The van der Waals surface area contributed by atoms with Crippen LogP contribution in [0.5, 0.6) is 11.5 Å². The molecule has 0 aliphatic carbocycles. The van der Waals surface area contributed by atoms with Gasteiger partial charge in [-0.3, -0.25) is 0 Å². The Morgan fingerprint density at radius 1 is 1.28 bits per heavy atom. The van der Waals surface area contributed by atoms with E-state index in [1.807, 2.05) is 0 Å². The fourth-order valence-electron chi connectivity index (χ4n) is 1.86. The first-order valence-electron chi connectivity index (χ1n) is 5.92. The monoisotopic (exact) mass is 256 g/mol.